The highest BCUT2D eigenvalue weighted by atomic mass is 79.9. The first-order valence-electron chi connectivity index (χ1n) is 8.38. The lowest BCUT2D eigenvalue weighted by Crippen LogP contribution is -2.16. The molecule has 0 bridgehead atoms. The summed E-state index contributed by atoms with van der Waals surface area (Å²) in [4.78, 5) is 4.28. The van der Waals surface area contributed by atoms with Crippen LogP contribution in [0.3, 0.4) is 0 Å². The first-order valence-corrected chi connectivity index (χ1v) is 11.4. The van der Waals surface area contributed by atoms with Crippen LogP contribution in [0.5, 0.6) is 11.5 Å². The molecule has 0 unspecified atom stereocenters. The van der Waals surface area contributed by atoms with Crippen LogP contribution < -0.4 is 9.47 Å². The van der Waals surface area contributed by atoms with Crippen LogP contribution in [-0.2, 0) is 21.3 Å². The quantitative estimate of drug-likeness (QED) is 0.525. The fourth-order valence-corrected chi connectivity index (χ4v) is 5.09. The van der Waals surface area contributed by atoms with Crippen LogP contribution in [0.4, 0.5) is 0 Å². The molecule has 146 valence electrons. The SMILES string of the molecule is O=S(=O)(Cc1coc(-c2cccc(Cl)c2)n1)Cc1cc2c(cc1Br)OCCO2. The number of hydrogen-bond acceptors (Lipinski definition) is 6. The Morgan fingerprint density at radius 2 is 1.82 bits per heavy atom. The zero-order chi connectivity index (χ0) is 19.7. The number of oxazole rings is 1. The van der Waals surface area contributed by atoms with Crippen molar-refractivity contribution in [3.05, 3.63) is 63.4 Å². The predicted molar refractivity (Wildman–Crippen MR) is 108 cm³/mol. The summed E-state index contributed by atoms with van der Waals surface area (Å²) in [7, 11) is -3.49. The number of sulfone groups is 1. The summed E-state index contributed by atoms with van der Waals surface area (Å²) in [5, 5.41) is 0.549. The predicted octanol–water partition coefficient (Wildman–Crippen LogP) is 4.64. The van der Waals surface area contributed by atoms with Gasteiger partial charge in [-0.15, -0.1) is 0 Å². The summed E-state index contributed by atoms with van der Waals surface area (Å²) in [6.45, 7) is 0.907. The molecule has 0 spiro atoms. The van der Waals surface area contributed by atoms with Gasteiger partial charge in [0.2, 0.25) is 5.89 Å². The zero-order valence-corrected chi connectivity index (χ0v) is 17.7. The first kappa shape index (κ1) is 19.3. The van der Waals surface area contributed by atoms with Gasteiger partial charge in [-0.1, -0.05) is 33.6 Å². The molecule has 0 amide bonds. The fourth-order valence-electron chi connectivity index (χ4n) is 2.86. The normalized spacial score (nSPS) is 13.5. The molecule has 2 aromatic carbocycles. The molecule has 6 nitrogen and oxygen atoms in total. The van der Waals surface area contributed by atoms with Crippen LogP contribution in [-0.4, -0.2) is 26.6 Å². The van der Waals surface area contributed by atoms with Crippen molar-refractivity contribution in [1.29, 1.82) is 0 Å². The Morgan fingerprint density at radius 1 is 1.07 bits per heavy atom. The highest BCUT2D eigenvalue weighted by Gasteiger charge is 2.21. The number of benzene rings is 2. The van der Waals surface area contributed by atoms with Crippen molar-refractivity contribution in [2.24, 2.45) is 0 Å². The molecule has 0 saturated carbocycles. The van der Waals surface area contributed by atoms with Crippen LogP contribution in [0, 0.1) is 0 Å². The molecule has 0 aliphatic carbocycles. The van der Waals surface area contributed by atoms with E-state index in [1.54, 1.807) is 36.4 Å². The van der Waals surface area contributed by atoms with E-state index in [1.165, 1.54) is 6.26 Å². The van der Waals surface area contributed by atoms with Gasteiger partial charge in [-0.05, 0) is 35.9 Å². The molecule has 2 heterocycles. The second-order valence-electron chi connectivity index (χ2n) is 6.27. The Bertz CT molecular complexity index is 1130. The molecule has 0 fully saturated rings. The monoisotopic (exact) mass is 483 g/mol. The molecule has 0 saturated heterocycles. The maximum atomic E-state index is 12.7. The Hall–Kier alpha value is -2.03. The molecule has 1 aliphatic heterocycles. The Kier molecular flexibility index (Phi) is 5.35. The van der Waals surface area contributed by atoms with Crippen LogP contribution in [0.25, 0.3) is 11.5 Å². The maximum Gasteiger partial charge on any atom is 0.226 e. The maximum absolute atomic E-state index is 12.7. The van der Waals surface area contributed by atoms with E-state index in [-0.39, 0.29) is 11.5 Å². The van der Waals surface area contributed by atoms with Gasteiger partial charge in [-0.3, -0.25) is 0 Å². The average Bonchev–Trinajstić information content (AvgIpc) is 3.10. The van der Waals surface area contributed by atoms with Gasteiger partial charge < -0.3 is 13.9 Å². The number of hydrogen-bond donors (Lipinski definition) is 0. The zero-order valence-electron chi connectivity index (χ0n) is 14.5. The van der Waals surface area contributed by atoms with Gasteiger partial charge in [0.15, 0.2) is 21.3 Å². The van der Waals surface area contributed by atoms with Crippen molar-refractivity contribution in [3.8, 4) is 23.0 Å². The van der Waals surface area contributed by atoms with E-state index >= 15 is 0 Å². The van der Waals surface area contributed by atoms with Crippen LogP contribution >= 0.6 is 27.5 Å². The highest BCUT2D eigenvalue weighted by Crippen LogP contribution is 2.36. The number of halogens is 2. The number of aromatic nitrogens is 1. The van der Waals surface area contributed by atoms with Gasteiger partial charge in [0.05, 0.1) is 17.2 Å². The first-order chi connectivity index (χ1) is 13.4. The Morgan fingerprint density at radius 3 is 2.57 bits per heavy atom. The second kappa shape index (κ2) is 7.77. The topological polar surface area (TPSA) is 78.6 Å². The van der Waals surface area contributed by atoms with Gasteiger partial charge >= 0.3 is 0 Å². The van der Waals surface area contributed by atoms with E-state index in [0.29, 0.717) is 56.9 Å². The molecule has 0 N–H and O–H groups in total. The third-order valence-corrected chi connectivity index (χ3v) is 6.54. The summed E-state index contributed by atoms with van der Waals surface area (Å²) < 4.78 is 42.5. The summed E-state index contributed by atoms with van der Waals surface area (Å²) in [6, 6.07) is 10.4. The average molecular weight is 485 g/mol. The molecular weight excluding hydrogens is 470 g/mol. The molecule has 28 heavy (non-hydrogen) atoms. The smallest absolute Gasteiger partial charge is 0.226 e. The lowest BCUT2D eigenvalue weighted by atomic mass is 10.2. The van der Waals surface area contributed by atoms with Crippen molar-refractivity contribution in [2.45, 2.75) is 11.5 Å². The van der Waals surface area contributed by atoms with E-state index in [4.69, 9.17) is 25.5 Å². The molecule has 9 heteroatoms. The molecule has 1 aromatic heterocycles. The molecule has 3 aromatic rings. The van der Waals surface area contributed by atoms with Gasteiger partial charge in [0, 0.05) is 15.1 Å². The van der Waals surface area contributed by atoms with Crippen molar-refractivity contribution in [2.75, 3.05) is 13.2 Å². The fraction of sp³-hybridized carbons (Fsp3) is 0.211. The summed E-state index contributed by atoms with van der Waals surface area (Å²) >= 11 is 9.38. The lowest BCUT2D eigenvalue weighted by molar-refractivity contribution is 0.171. The second-order valence-corrected chi connectivity index (χ2v) is 9.63. The largest absolute Gasteiger partial charge is 0.486 e. The van der Waals surface area contributed by atoms with Gasteiger partial charge in [0.25, 0.3) is 0 Å². The van der Waals surface area contributed by atoms with Crippen LogP contribution in [0.2, 0.25) is 5.02 Å². The van der Waals surface area contributed by atoms with Gasteiger partial charge in [-0.2, -0.15) is 0 Å². The number of nitrogens with zero attached hydrogens (tertiary/aromatic N) is 1. The van der Waals surface area contributed by atoms with E-state index in [1.807, 2.05) is 0 Å². The minimum Gasteiger partial charge on any atom is -0.486 e. The summed E-state index contributed by atoms with van der Waals surface area (Å²) in [5.74, 6) is 1.07. The molecule has 0 radical (unpaired) electrons. The summed E-state index contributed by atoms with van der Waals surface area (Å²) in [6.07, 6.45) is 1.35. The van der Waals surface area contributed by atoms with E-state index in [0.717, 1.165) is 0 Å². The van der Waals surface area contributed by atoms with E-state index in [2.05, 4.69) is 20.9 Å². The van der Waals surface area contributed by atoms with Crippen molar-refractivity contribution < 1.29 is 22.3 Å². The Balaban J connectivity index is 1.52. The number of rotatable bonds is 5. The third-order valence-electron chi connectivity index (χ3n) is 4.08. The van der Waals surface area contributed by atoms with E-state index in [9.17, 15) is 8.42 Å². The van der Waals surface area contributed by atoms with E-state index < -0.39 is 9.84 Å². The highest BCUT2D eigenvalue weighted by molar-refractivity contribution is 9.10. The molecule has 0 atom stereocenters. The minimum atomic E-state index is -3.49. The summed E-state index contributed by atoms with van der Waals surface area (Å²) in [5.41, 5.74) is 1.62. The third kappa shape index (κ3) is 4.34. The molecule has 4 rings (SSSR count). The van der Waals surface area contributed by atoms with Crippen molar-refractivity contribution >= 4 is 37.4 Å². The van der Waals surface area contributed by atoms with Gasteiger partial charge in [-0.25, -0.2) is 13.4 Å². The molecular formula is C19H15BrClNO5S. The minimum absolute atomic E-state index is 0.163. The number of fused-ring (bicyclic) bond motifs is 1. The van der Waals surface area contributed by atoms with Crippen molar-refractivity contribution in [3.63, 3.8) is 0 Å². The lowest BCUT2D eigenvalue weighted by Gasteiger charge is -2.19. The van der Waals surface area contributed by atoms with Crippen molar-refractivity contribution in [1.82, 2.24) is 4.98 Å². The standard InChI is InChI=1S/C19H15BrClNO5S/c20-16-8-18-17(25-4-5-26-18)7-13(16)10-28(23,24)11-15-9-27-19(22-15)12-2-1-3-14(21)6-12/h1-3,6-9H,4-5,10-11H2. The van der Waals surface area contributed by atoms with Crippen LogP contribution in [0.1, 0.15) is 11.3 Å². The van der Waals surface area contributed by atoms with Gasteiger partial charge in [0.1, 0.15) is 19.5 Å². The Labute approximate surface area is 175 Å². The number of ether oxygens (including phenoxy) is 2. The van der Waals surface area contributed by atoms with Crippen LogP contribution in [0.15, 0.2) is 51.6 Å². The molecule has 1 aliphatic rings.